The highest BCUT2D eigenvalue weighted by Gasteiger charge is 2.16. The lowest BCUT2D eigenvalue weighted by Crippen LogP contribution is -2.06. The van der Waals surface area contributed by atoms with Gasteiger partial charge in [-0.25, -0.2) is 9.97 Å². The molecule has 0 fully saturated rings. The number of nitrogens with zero attached hydrogens (tertiary/aromatic N) is 3. The van der Waals surface area contributed by atoms with Crippen LogP contribution in [0.5, 0.6) is 0 Å². The highest BCUT2D eigenvalue weighted by molar-refractivity contribution is 9.10. The molecule has 0 radical (unpaired) electrons. The summed E-state index contributed by atoms with van der Waals surface area (Å²) in [5.74, 6) is 0.880. The van der Waals surface area contributed by atoms with Gasteiger partial charge in [0.2, 0.25) is 0 Å². The van der Waals surface area contributed by atoms with Gasteiger partial charge in [-0.1, -0.05) is 15.9 Å². The Balaban J connectivity index is 2.13. The standard InChI is InChI=1S/C14H13BrClN3S/c1-8(16)14-18-12-5-10(15)3-4-13(12)19(14)6-11-7-20-9(2)17-11/h3-5,7-8H,6H2,1-2H3. The van der Waals surface area contributed by atoms with Gasteiger partial charge in [0.25, 0.3) is 0 Å². The van der Waals surface area contributed by atoms with E-state index >= 15 is 0 Å². The molecule has 0 N–H and O–H groups in total. The largest absolute Gasteiger partial charge is 0.321 e. The molecule has 0 amide bonds. The fourth-order valence-corrected chi connectivity index (χ4v) is 3.35. The van der Waals surface area contributed by atoms with Gasteiger partial charge in [-0.3, -0.25) is 0 Å². The molecule has 0 aliphatic rings. The van der Waals surface area contributed by atoms with Crippen molar-refractivity contribution in [1.82, 2.24) is 14.5 Å². The summed E-state index contributed by atoms with van der Waals surface area (Å²) < 4.78 is 3.17. The van der Waals surface area contributed by atoms with Crippen LogP contribution in [0.4, 0.5) is 0 Å². The zero-order valence-corrected chi connectivity index (χ0v) is 14.3. The highest BCUT2D eigenvalue weighted by Crippen LogP contribution is 2.27. The third-order valence-electron chi connectivity index (χ3n) is 3.08. The minimum Gasteiger partial charge on any atom is -0.321 e. The van der Waals surface area contributed by atoms with E-state index < -0.39 is 0 Å². The van der Waals surface area contributed by atoms with Gasteiger partial charge in [-0.05, 0) is 32.0 Å². The molecule has 2 heterocycles. The van der Waals surface area contributed by atoms with E-state index in [2.05, 4.69) is 41.9 Å². The maximum absolute atomic E-state index is 6.28. The normalized spacial score (nSPS) is 13.0. The van der Waals surface area contributed by atoms with Crippen molar-refractivity contribution in [2.75, 3.05) is 0 Å². The van der Waals surface area contributed by atoms with Crippen LogP contribution < -0.4 is 0 Å². The highest BCUT2D eigenvalue weighted by atomic mass is 79.9. The molecule has 0 spiro atoms. The van der Waals surface area contributed by atoms with Crippen molar-refractivity contribution in [1.29, 1.82) is 0 Å². The van der Waals surface area contributed by atoms with Gasteiger partial charge in [-0.2, -0.15) is 0 Å². The SMILES string of the molecule is Cc1nc(Cn2c(C(C)Cl)nc3cc(Br)ccc32)cs1. The van der Waals surface area contributed by atoms with Crippen molar-refractivity contribution in [2.45, 2.75) is 25.8 Å². The summed E-state index contributed by atoms with van der Waals surface area (Å²) >= 11 is 11.4. The van der Waals surface area contributed by atoms with Crippen molar-refractivity contribution in [3.8, 4) is 0 Å². The van der Waals surface area contributed by atoms with E-state index in [0.29, 0.717) is 6.54 Å². The molecule has 0 saturated carbocycles. The quantitative estimate of drug-likeness (QED) is 0.613. The second-order valence-corrected chi connectivity index (χ2v) is 7.30. The first-order valence-electron chi connectivity index (χ1n) is 6.25. The van der Waals surface area contributed by atoms with E-state index in [4.69, 9.17) is 11.6 Å². The van der Waals surface area contributed by atoms with Gasteiger partial charge in [0.1, 0.15) is 5.82 Å². The van der Waals surface area contributed by atoms with E-state index in [1.54, 1.807) is 11.3 Å². The molecule has 1 aromatic carbocycles. The molecule has 1 unspecified atom stereocenters. The van der Waals surface area contributed by atoms with Gasteiger partial charge in [0.15, 0.2) is 0 Å². The fraction of sp³-hybridized carbons (Fsp3) is 0.286. The van der Waals surface area contributed by atoms with Crippen LogP contribution in [0.3, 0.4) is 0 Å². The van der Waals surface area contributed by atoms with Crippen LogP contribution in [0.25, 0.3) is 11.0 Å². The molecule has 0 bridgehead atoms. The summed E-state index contributed by atoms with van der Waals surface area (Å²) in [6.07, 6.45) is 0. The minimum atomic E-state index is -0.138. The van der Waals surface area contributed by atoms with Crippen LogP contribution in [0, 0.1) is 6.92 Å². The second kappa shape index (κ2) is 5.47. The summed E-state index contributed by atoms with van der Waals surface area (Å²) in [4.78, 5) is 9.18. The maximum Gasteiger partial charge on any atom is 0.128 e. The van der Waals surface area contributed by atoms with E-state index in [1.165, 1.54) is 0 Å². The third kappa shape index (κ3) is 2.62. The van der Waals surface area contributed by atoms with Crippen LogP contribution in [0.15, 0.2) is 28.1 Å². The molecule has 3 nitrogen and oxygen atoms in total. The lowest BCUT2D eigenvalue weighted by atomic mass is 10.3. The minimum absolute atomic E-state index is 0.138. The monoisotopic (exact) mass is 369 g/mol. The Morgan fingerprint density at radius 1 is 1.40 bits per heavy atom. The summed E-state index contributed by atoms with van der Waals surface area (Å²) in [5.41, 5.74) is 3.09. The van der Waals surface area contributed by atoms with Crippen LogP contribution in [0.1, 0.15) is 28.8 Å². The molecule has 0 aliphatic heterocycles. The summed E-state index contributed by atoms with van der Waals surface area (Å²) in [7, 11) is 0. The molecular formula is C14H13BrClN3S. The summed E-state index contributed by atoms with van der Waals surface area (Å²) in [6, 6.07) is 6.10. The maximum atomic E-state index is 6.28. The Labute approximate surface area is 134 Å². The predicted octanol–water partition coefficient (Wildman–Crippen LogP) is 4.91. The summed E-state index contributed by atoms with van der Waals surface area (Å²) in [5, 5.41) is 3.02. The molecule has 1 atom stereocenters. The Morgan fingerprint density at radius 3 is 2.85 bits per heavy atom. The van der Waals surface area contributed by atoms with Crippen LogP contribution >= 0.6 is 38.9 Å². The van der Waals surface area contributed by atoms with Gasteiger partial charge >= 0.3 is 0 Å². The predicted molar refractivity (Wildman–Crippen MR) is 87.7 cm³/mol. The van der Waals surface area contributed by atoms with Crippen molar-refractivity contribution < 1.29 is 0 Å². The Hall–Kier alpha value is -0.910. The number of thiazole rings is 1. The first-order chi connectivity index (χ1) is 9.54. The lowest BCUT2D eigenvalue weighted by Gasteiger charge is -2.08. The Morgan fingerprint density at radius 2 is 2.20 bits per heavy atom. The van der Waals surface area contributed by atoms with Gasteiger partial charge < -0.3 is 4.57 Å². The molecule has 2 aromatic heterocycles. The number of alkyl halides is 1. The molecule has 3 rings (SSSR count). The topological polar surface area (TPSA) is 30.7 Å². The number of fused-ring (bicyclic) bond motifs is 1. The number of benzene rings is 1. The fourth-order valence-electron chi connectivity index (χ4n) is 2.23. The molecule has 6 heteroatoms. The Bertz CT molecular complexity index is 763. The van der Waals surface area contributed by atoms with Crippen molar-refractivity contribution in [3.63, 3.8) is 0 Å². The Kier molecular flexibility index (Phi) is 3.84. The average Bonchev–Trinajstić information content (AvgIpc) is 2.94. The number of halogens is 2. The van der Waals surface area contributed by atoms with E-state index in [1.807, 2.05) is 26.0 Å². The number of imidazole rings is 1. The number of rotatable bonds is 3. The number of aryl methyl sites for hydroxylation is 1. The van der Waals surface area contributed by atoms with Crippen LogP contribution in [0.2, 0.25) is 0 Å². The molecular weight excluding hydrogens is 358 g/mol. The van der Waals surface area contributed by atoms with E-state index in [-0.39, 0.29) is 5.38 Å². The van der Waals surface area contributed by atoms with Crippen molar-refractivity contribution in [3.05, 3.63) is 44.6 Å². The van der Waals surface area contributed by atoms with Crippen LogP contribution in [-0.4, -0.2) is 14.5 Å². The first-order valence-corrected chi connectivity index (χ1v) is 8.36. The number of hydrogen-bond acceptors (Lipinski definition) is 3. The molecule has 0 aliphatic carbocycles. The average molecular weight is 371 g/mol. The zero-order valence-electron chi connectivity index (χ0n) is 11.1. The number of aromatic nitrogens is 3. The third-order valence-corrected chi connectivity index (χ3v) is 4.59. The van der Waals surface area contributed by atoms with E-state index in [9.17, 15) is 0 Å². The summed E-state index contributed by atoms with van der Waals surface area (Å²) in [6.45, 7) is 4.66. The molecule has 0 saturated heterocycles. The second-order valence-electron chi connectivity index (χ2n) is 4.66. The molecule has 104 valence electrons. The number of hydrogen-bond donors (Lipinski definition) is 0. The molecule has 20 heavy (non-hydrogen) atoms. The smallest absolute Gasteiger partial charge is 0.128 e. The van der Waals surface area contributed by atoms with Crippen LogP contribution in [-0.2, 0) is 6.54 Å². The van der Waals surface area contributed by atoms with Gasteiger partial charge in [0.05, 0.1) is 33.7 Å². The van der Waals surface area contributed by atoms with Crippen molar-refractivity contribution >= 4 is 49.9 Å². The first kappa shape index (κ1) is 14.0. The van der Waals surface area contributed by atoms with Gasteiger partial charge in [0, 0.05) is 9.85 Å². The lowest BCUT2D eigenvalue weighted by molar-refractivity contribution is 0.729. The zero-order chi connectivity index (χ0) is 14.3. The van der Waals surface area contributed by atoms with Crippen molar-refractivity contribution in [2.24, 2.45) is 0 Å². The van der Waals surface area contributed by atoms with Gasteiger partial charge in [-0.15, -0.1) is 22.9 Å². The van der Waals surface area contributed by atoms with E-state index in [0.717, 1.165) is 32.0 Å². The molecule has 3 aromatic rings.